The number of ether oxygens (including phenoxy) is 1. The van der Waals surface area contributed by atoms with Gasteiger partial charge in [0.1, 0.15) is 5.58 Å². The summed E-state index contributed by atoms with van der Waals surface area (Å²) in [6.07, 6.45) is 1.97. The van der Waals surface area contributed by atoms with Gasteiger partial charge in [0.2, 0.25) is 5.76 Å². The van der Waals surface area contributed by atoms with Gasteiger partial charge in [-0.1, -0.05) is 50.8 Å². The number of hydrogen-bond donors (Lipinski definition) is 0. The van der Waals surface area contributed by atoms with Gasteiger partial charge in [0.05, 0.1) is 6.61 Å². The fourth-order valence-electron chi connectivity index (χ4n) is 2.10. The Balaban J connectivity index is 1.94. The minimum Gasteiger partial charge on any atom is -0.460 e. The summed E-state index contributed by atoms with van der Waals surface area (Å²) in [5.41, 5.74) is 1.48. The largest absolute Gasteiger partial charge is 0.460 e. The smallest absolute Gasteiger partial charge is 0.374 e. The molecule has 9 heteroatoms. The van der Waals surface area contributed by atoms with Crippen LogP contribution in [0.5, 0.6) is 0 Å². The lowest BCUT2D eigenvalue weighted by Crippen LogP contribution is -2.05. The third-order valence-electron chi connectivity index (χ3n) is 3.12. The molecule has 0 unspecified atom stereocenters. The van der Waals surface area contributed by atoms with Crippen molar-refractivity contribution >= 4 is 67.7 Å². The number of aromatic nitrogens is 2. The molecule has 0 bridgehead atoms. The molecule has 0 spiro atoms. The van der Waals surface area contributed by atoms with E-state index in [0.717, 1.165) is 24.1 Å². The van der Waals surface area contributed by atoms with E-state index in [9.17, 15) is 4.79 Å². The molecule has 0 aliphatic carbocycles. The summed E-state index contributed by atoms with van der Waals surface area (Å²) in [7, 11) is 0. The van der Waals surface area contributed by atoms with Crippen molar-refractivity contribution in [1.82, 2.24) is 10.2 Å². The van der Waals surface area contributed by atoms with Gasteiger partial charge in [0.25, 0.3) is 0 Å². The molecule has 0 atom stereocenters. The Morgan fingerprint density at radius 3 is 2.88 bits per heavy atom. The Morgan fingerprint density at radius 2 is 2.17 bits per heavy atom. The summed E-state index contributed by atoms with van der Waals surface area (Å²) in [5, 5.41) is 9.13. The second-order valence-electron chi connectivity index (χ2n) is 4.60. The number of nitrogens with zero attached hydrogens (tertiary/aromatic N) is 2. The van der Waals surface area contributed by atoms with Gasteiger partial charge in [0.15, 0.2) is 8.68 Å². The molecule has 0 aliphatic heterocycles. The molecule has 126 valence electrons. The topological polar surface area (TPSA) is 65.2 Å². The molecule has 0 saturated heterocycles. The zero-order valence-electron chi connectivity index (χ0n) is 12.9. The van der Waals surface area contributed by atoms with E-state index in [1.54, 1.807) is 18.7 Å². The molecule has 0 fully saturated rings. The summed E-state index contributed by atoms with van der Waals surface area (Å²) in [6, 6.07) is 5.67. The number of esters is 1. The van der Waals surface area contributed by atoms with Gasteiger partial charge in [-0.2, -0.15) is 0 Å². The fraction of sp³-hybridized carbons (Fsp3) is 0.267. The lowest BCUT2D eigenvalue weighted by atomic mass is 10.1. The molecular weight excluding hydrogens is 432 g/mol. The van der Waals surface area contributed by atoms with Gasteiger partial charge < -0.3 is 9.15 Å². The Hall–Kier alpha value is -1.03. The highest BCUT2D eigenvalue weighted by Crippen LogP contribution is 2.35. The van der Waals surface area contributed by atoms with Crippen LogP contribution in [0.1, 0.15) is 23.0 Å². The number of thioether (sulfide) groups is 2. The molecule has 2 aromatic heterocycles. The van der Waals surface area contributed by atoms with Gasteiger partial charge in [0, 0.05) is 21.2 Å². The van der Waals surface area contributed by atoms with E-state index in [1.165, 1.54) is 23.1 Å². The van der Waals surface area contributed by atoms with Gasteiger partial charge >= 0.3 is 5.97 Å². The summed E-state index contributed by atoms with van der Waals surface area (Å²) in [5.74, 6) is 0.371. The Kier molecular flexibility index (Phi) is 5.85. The number of rotatable bonds is 6. The highest BCUT2D eigenvalue weighted by molar-refractivity contribution is 9.10. The molecule has 0 radical (unpaired) electrons. The normalized spacial score (nSPS) is 11.1. The first-order chi connectivity index (χ1) is 11.6. The molecule has 0 aliphatic rings. The van der Waals surface area contributed by atoms with Crippen LogP contribution in [0.3, 0.4) is 0 Å². The molecule has 3 rings (SSSR count). The SMILES string of the molecule is CCOC(=O)c1oc2ccc(Br)cc2c1CSc1nnc(SC)s1. The third kappa shape index (κ3) is 3.79. The highest BCUT2D eigenvalue weighted by atomic mass is 79.9. The van der Waals surface area contributed by atoms with Gasteiger partial charge in [-0.05, 0) is 31.4 Å². The quantitative estimate of drug-likeness (QED) is 0.380. The van der Waals surface area contributed by atoms with Crippen LogP contribution in [0.4, 0.5) is 0 Å². The van der Waals surface area contributed by atoms with Crippen LogP contribution in [0.2, 0.25) is 0 Å². The third-order valence-corrected chi connectivity index (χ3v) is 6.67. The molecule has 3 aromatic rings. The van der Waals surface area contributed by atoms with Crippen molar-refractivity contribution in [2.24, 2.45) is 0 Å². The van der Waals surface area contributed by atoms with E-state index in [0.29, 0.717) is 17.9 Å². The summed E-state index contributed by atoms with van der Waals surface area (Å²) >= 11 is 8.10. The Morgan fingerprint density at radius 1 is 1.38 bits per heavy atom. The zero-order chi connectivity index (χ0) is 17.1. The van der Waals surface area contributed by atoms with Crippen LogP contribution in [-0.4, -0.2) is 29.0 Å². The monoisotopic (exact) mass is 444 g/mol. The number of fused-ring (bicyclic) bond motifs is 1. The first kappa shape index (κ1) is 17.8. The van der Waals surface area contributed by atoms with Gasteiger partial charge in [-0.15, -0.1) is 10.2 Å². The van der Waals surface area contributed by atoms with Crippen LogP contribution in [0.25, 0.3) is 11.0 Å². The second-order valence-corrected chi connectivity index (χ2v) is 8.77. The van der Waals surface area contributed by atoms with Crippen LogP contribution >= 0.6 is 50.8 Å². The second kappa shape index (κ2) is 7.90. The molecule has 0 saturated carbocycles. The molecule has 24 heavy (non-hydrogen) atoms. The van der Waals surface area contributed by atoms with Crippen LogP contribution in [0.15, 0.2) is 35.8 Å². The van der Waals surface area contributed by atoms with Crippen molar-refractivity contribution in [3.05, 3.63) is 34.0 Å². The standard InChI is InChI=1S/C15H13BrN2O3S3/c1-3-20-13(19)12-10(7-23-15-18-17-14(22-2)24-15)9-6-8(16)4-5-11(9)21-12/h4-6H,3,7H2,1-2H3. The average molecular weight is 445 g/mol. The molecule has 5 nitrogen and oxygen atoms in total. The lowest BCUT2D eigenvalue weighted by molar-refractivity contribution is 0.0491. The van der Waals surface area contributed by atoms with Gasteiger partial charge in [-0.25, -0.2) is 4.79 Å². The van der Waals surface area contributed by atoms with E-state index in [4.69, 9.17) is 9.15 Å². The summed E-state index contributed by atoms with van der Waals surface area (Å²) in [4.78, 5) is 12.2. The van der Waals surface area contributed by atoms with E-state index >= 15 is 0 Å². The van der Waals surface area contributed by atoms with Crippen molar-refractivity contribution in [2.75, 3.05) is 12.9 Å². The predicted octanol–water partition coefficient (Wildman–Crippen LogP) is 5.24. The van der Waals surface area contributed by atoms with Crippen molar-refractivity contribution < 1.29 is 13.9 Å². The number of hydrogen-bond acceptors (Lipinski definition) is 8. The van der Waals surface area contributed by atoms with Gasteiger partial charge in [-0.3, -0.25) is 0 Å². The zero-order valence-corrected chi connectivity index (χ0v) is 16.9. The van der Waals surface area contributed by atoms with Crippen molar-refractivity contribution in [3.8, 4) is 0 Å². The summed E-state index contributed by atoms with van der Waals surface area (Å²) in [6.45, 7) is 2.08. The van der Waals surface area contributed by atoms with E-state index in [-0.39, 0.29) is 5.76 Å². The predicted molar refractivity (Wildman–Crippen MR) is 101 cm³/mol. The molecular formula is C15H13BrN2O3S3. The van der Waals surface area contributed by atoms with Crippen LogP contribution in [0, 0.1) is 0 Å². The molecule has 0 amide bonds. The molecule has 2 heterocycles. The Labute approximate surface area is 159 Å². The van der Waals surface area contributed by atoms with E-state index in [1.807, 2.05) is 24.5 Å². The summed E-state index contributed by atoms with van der Waals surface area (Å²) < 4.78 is 13.6. The van der Waals surface area contributed by atoms with Crippen LogP contribution in [-0.2, 0) is 10.5 Å². The first-order valence-corrected chi connectivity index (χ1v) is 10.8. The lowest BCUT2D eigenvalue weighted by Gasteiger charge is -2.02. The van der Waals surface area contributed by atoms with E-state index in [2.05, 4.69) is 26.1 Å². The Bertz CT molecular complexity index is 878. The molecule has 0 N–H and O–H groups in total. The van der Waals surface area contributed by atoms with Crippen LogP contribution < -0.4 is 0 Å². The average Bonchev–Trinajstić information content (AvgIpc) is 3.17. The molecule has 1 aromatic carbocycles. The minimum atomic E-state index is -0.442. The minimum absolute atomic E-state index is 0.257. The highest BCUT2D eigenvalue weighted by Gasteiger charge is 2.22. The number of carbonyl (C=O) groups is 1. The maximum absolute atomic E-state index is 12.2. The number of halogens is 1. The first-order valence-electron chi connectivity index (χ1n) is 7.00. The van der Waals surface area contributed by atoms with E-state index < -0.39 is 5.97 Å². The fourth-order valence-corrected chi connectivity index (χ4v) is 4.92. The number of furan rings is 1. The van der Waals surface area contributed by atoms with Crippen molar-refractivity contribution in [3.63, 3.8) is 0 Å². The maximum atomic E-state index is 12.2. The van der Waals surface area contributed by atoms with Crippen molar-refractivity contribution in [2.45, 2.75) is 21.4 Å². The maximum Gasteiger partial charge on any atom is 0.374 e. The van der Waals surface area contributed by atoms with Crippen molar-refractivity contribution in [1.29, 1.82) is 0 Å². The number of benzene rings is 1. The number of carbonyl (C=O) groups excluding carboxylic acids is 1.